The fourth-order valence-corrected chi connectivity index (χ4v) is 6.16. The van der Waals surface area contributed by atoms with E-state index in [4.69, 9.17) is 9.47 Å². The number of thiophene rings is 1. The Kier molecular flexibility index (Phi) is 8.42. The topological polar surface area (TPSA) is 95.3 Å². The normalized spacial score (nSPS) is 14.7. The van der Waals surface area contributed by atoms with Crippen LogP contribution in [0.15, 0.2) is 42.1 Å². The van der Waals surface area contributed by atoms with Crippen molar-refractivity contribution in [3.05, 3.63) is 64.6 Å². The SMILES string of the molecule is C=CCn1c(COc2ccc(F)cc2)nnc1SCC(=O)Nc1sc2c(c1C(=O)OC)CCC(C)C2. The van der Waals surface area contributed by atoms with E-state index in [0.717, 1.165) is 29.7 Å². The molecule has 36 heavy (non-hydrogen) atoms. The van der Waals surface area contributed by atoms with Crippen LogP contribution in [0.1, 0.15) is 40.0 Å². The quantitative estimate of drug-likeness (QED) is 0.227. The molecular weight excluding hydrogens is 503 g/mol. The van der Waals surface area contributed by atoms with E-state index in [-0.39, 0.29) is 24.1 Å². The zero-order valence-electron chi connectivity index (χ0n) is 20.1. The number of amides is 1. The van der Waals surface area contributed by atoms with Crippen molar-refractivity contribution in [1.29, 1.82) is 0 Å². The van der Waals surface area contributed by atoms with Crippen LogP contribution in [0.3, 0.4) is 0 Å². The predicted octanol–water partition coefficient (Wildman–Crippen LogP) is 4.89. The average molecular weight is 531 g/mol. The number of nitrogens with one attached hydrogen (secondary N) is 1. The van der Waals surface area contributed by atoms with Gasteiger partial charge in [-0.05, 0) is 55.0 Å². The number of aromatic nitrogens is 3. The van der Waals surface area contributed by atoms with Crippen molar-refractivity contribution in [3.8, 4) is 5.75 Å². The molecule has 4 rings (SSSR count). The highest BCUT2D eigenvalue weighted by atomic mass is 32.2. The Labute approximate surface area is 216 Å². The Morgan fingerprint density at radius 1 is 1.33 bits per heavy atom. The molecule has 1 N–H and O–H groups in total. The third-order valence-electron chi connectivity index (χ3n) is 5.77. The summed E-state index contributed by atoms with van der Waals surface area (Å²) in [7, 11) is 1.35. The van der Waals surface area contributed by atoms with E-state index in [1.54, 1.807) is 10.6 Å². The smallest absolute Gasteiger partial charge is 0.341 e. The maximum atomic E-state index is 13.1. The molecule has 8 nitrogen and oxygen atoms in total. The van der Waals surface area contributed by atoms with Crippen LogP contribution in [0.5, 0.6) is 5.75 Å². The lowest BCUT2D eigenvalue weighted by Gasteiger charge is -2.18. The molecular formula is C25H27FN4O4S2. The van der Waals surface area contributed by atoms with Crippen LogP contribution in [0.2, 0.25) is 0 Å². The number of halogens is 1. The Morgan fingerprint density at radius 3 is 2.83 bits per heavy atom. The van der Waals surface area contributed by atoms with E-state index >= 15 is 0 Å². The Bertz CT molecular complexity index is 1260. The molecule has 1 aliphatic carbocycles. The number of rotatable bonds is 10. The summed E-state index contributed by atoms with van der Waals surface area (Å²) >= 11 is 2.68. The summed E-state index contributed by atoms with van der Waals surface area (Å²) in [6, 6.07) is 5.71. The summed E-state index contributed by atoms with van der Waals surface area (Å²) < 4.78 is 25.6. The van der Waals surface area contributed by atoms with Crippen molar-refractivity contribution in [2.75, 3.05) is 18.2 Å². The standard InChI is InChI=1S/C25H27FN4O4S2/c1-4-11-30-20(13-34-17-8-6-16(26)7-9-17)28-29-25(30)35-14-21(31)27-23-22(24(32)33-3)18-10-5-15(2)12-19(18)36-23/h4,6-9,15H,1,5,10-14H2,2-3H3,(H,27,31). The number of ether oxygens (including phenoxy) is 2. The van der Waals surface area contributed by atoms with Crippen LogP contribution < -0.4 is 10.1 Å². The number of carbonyl (C=O) groups is 2. The molecule has 0 fully saturated rings. The van der Waals surface area contributed by atoms with Crippen molar-refractivity contribution in [1.82, 2.24) is 14.8 Å². The fourth-order valence-electron chi connectivity index (χ4n) is 3.97. The zero-order valence-corrected chi connectivity index (χ0v) is 21.7. The number of nitrogens with zero attached hydrogens (tertiary/aromatic N) is 3. The van der Waals surface area contributed by atoms with Gasteiger partial charge in [0.15, 0.2) is 11.0 Å². The van der Waals surface area contributed by atoms with Crippen LogP contribution >= 0.6 is 23.1 Å². The molecule has 1 atom stereocenters. The number of thioether (sulfide) groups is 1. The van der Waals surface area contributed by atoms with Gasteiger partial charge in [0.05, 0.1) is 18.4 Å². The molecule has 1 unspecified atom stereocenters. The van der Waals surface area contributed by atoms with Gasteiger partial charge < -0.3 is 14.8 Å². The van der Waals surface area contributed by atoms with E-state index < -0.39 is 5.97 Å². The van der Waals surface area contributed by atoms with Gasteiger partial charge in [-0.3, -0.25) is 9.36 Å². The summed E-state index contributed by atoms with van der Waals surface area (Å²) in [4.78, 5) is 26.4. The lowest BCUT2D eigenvalue weighted by molar-refractivity contribution is -0.113. The molecule has 1 amide bonds. The van der Waals surface area contributed by atoms with Crippen LogP contribution in [0.4, 0.5) is 9.39 Å². The van der Waals surface area contributed by atoms with Crippen molar-refractivity contribution >= 4 is 40.0 Å². The number of hydrogen-bond donors (Lipinski definition) is 1. The average Bonchev–Trinajstić information content (AvgIpc) is 3.42. The minimum Gasteiger partial charge on any atom is -0.486 e. The molecule has 11 heteroatoms. The number of hydrogen-bond acceptors (Lipinski definition) is 8. The van der Waals surface area contributed by atoms with Gasteiger partial charge in [0.2, 0.25) is 5.91 Å². The van der Waals surface area contributed by atoms with E-state index in [0.29, 0.717) is 39.8 Å². The third-order valence-corrected chi connectivity index (χ3v) is 7.91. The Hall–Kier alpha value is -3.18. The molecule has 0 saturated heterocycles. The predicted molar refractivity (Wildman–Crippen MR) is 137 cm³/mol. The van der Waals surface area contributed by atoms with E-state index in [1.807, 2.05) is 0 Å². The highest BCUT2D eigenvalue weighted by molar-refractivity contribution is 7.99. The molecule has 3 aromatic rings. The fraction of sp³-hybridized carbons (Fsp3) is 0.360. The first kappa shape index (κ1) is 25.9. The minimum atomic E-state index is -0.429. The van der Waals surface area contributed by atoms with Gasteiger partial charge in [0, 0.05) is 11.4 Å². The lowest BCUT2D eigenvalue weighted by Crippen LogP contribution is -2.17. The molecule has 1 aromatic carbocycles. The van der Waals surface area contributed by atoms with Gasteiger partial charge in [-0.2, -0.15) is 0 Å². The lowest BCUT2D eigenvalue weighted by atomic mass is 9.88. The van der Waals surface area contributed by atoms with Crippen molar-refractivity contribution in [2.24, 2.45) is 5.92 Å². The molecule has 2 heterocycles. The van der Waals surface area contributed by atoms with Crippen LogP contribution in [-0.4, -0.2) is 39.5 Å². The second-order valence-electron chi connectivity index (χ2n) is 8.42. The number of fused-ring (bicyclic) bond motifs is 1. The van der Waals surface area contributed by atoms with Gasteiger partial charge in [-0.1, -0.05) is 24.8 Å². The van der Waals surface area contributed by atoms with Crippen molar-refractivity contribution in [2.45, 2.75) is 44.5 Å². The molecule has 0 aliphatic heterocycles. The van der Waals surface area contributed by atoms with Crippen LogP contribution in [-0.2, 0) is 35.5 Å². The van der Waals surface area contributed by atoms with Crippen LogP contribution in [0, 0.1) is 11.7 Å². The minimum absolute atomic E-state index is 0.0771. The maximum Gasteiger partial charge on any atom is 0.341 e. The Morgan fingerprint density at radius 2 is 2.11 bits per heavy atom. The molecule has 1 aliphatic rings. The number of benzene rings is 1. The van der Waals surface area contributed by atoms with E-state index in [1.165, 1.54) is 54.5 Å². The second-order valence-corrected chi connectivity index (χ2v) is 10.5. The first-order valence-corrected chi connectivity index (χ1v) is 13.3. The molecule has 0 saturated carbocycles. The summed E-state index contributed by atoms with van der Waals surface area (Å²) in [5.74, 6) is 0.648. The number of allylic oxidation sites excluding steroid dienone is 1. The zero-order chi connectivity index (χ0) is 25.7. The maximum absolute atomic E-state index is 13.1. The number of methoxy groups -OCH3 is 1. The van der Waals surface area contributed by atoms with Crippen LogP contribution in [0.25, 0.3) is 0 Å². The second kappa shape index (κ2) is 11.7. The summed E-state index contributed by atoms with van der Waals surface area (Å²) in [5.41, 5.74) is 1.46. The summed E-state index contributed by atoms with van der Waals surface area (Å²) in [6.45, 7) is 6.52. The number of carbonyl (C=O) groups excluding carboxylic acids is 2. The highest BCUT2D eigenvalue weighted by Gasteiger charge is 2.29. The first-order chi connectivity index (χ1) is 17.4. The van der Waals surface area contributed by atoms with Crippen molar-refractivity contribution < 1.29 is 23.5 Å². The first-order valence-electron chi connectivity index (χ1n) is 11.5. The molecule has 190 valence electrons. The van der Waals surface area contributed by atoms with E-state index in [2.05, 4.69) is 29.0 Å². The summed E-state index contributed by atoms with van der Waals surface area (Å²) in [5, 5.41) is 12.4. The van der Waals surface area contributed by atoms with Crippen molar-refractivity contribution in [3.63, 3.8) is 0 Å². The van der Waals surface area contributed by atoms with E-state index in [9.17, 15) is 14.0 Å². The van der Waals surface area contributed by atoms with Gasteiger partial charge in [0.25, 0.3) is 0 Å². The molecule has 2 aromatic heterocycles. The summed E-state index contributed by atoms with van der Waals surface area (Å²) in [6.07, 6.45) is 4.40. The molecule has 0 spiro atoms. The van der Waals surface area contributed by atoms with Gasteiger partial charge in [-0.25, -0.2) is 9.18 Å². The number of anilines is 1. The van der Waals surface area contributed by atoms with Gasteiger partial charge in [0.1, 0.15) is 23.2 Å². The largest absolute Gasteiger partial charge is 0.486 e. The highest BCUT2D eigenvalue weighted by Crippen LogP contribution is 2.40. The number of esters is 1. The Balaban J connectivity index is 1.42. The molecule has 0 bridgehead atoms. The third kappa shape index (κ3) is 5.96. The monoisotopic (exact) mass is 530 g/mol. The van der Waals surface area contributed by atoms with Gasteiger partial charge in [-0.15, -0.1) is 28.1 Å². The molecule has 0 radical (unpaired) electrons. The van der Waals surface area contributed by atoms with Gasteiger partial charge >= 0.3 is 5.97 Å².